The third-order valence-electron chi connectivity index (χ3n) is 8.56. The number of imide groups is 1. The summed E-state index contributed by atoms with van der Waals surface area (Å²) < 4.78 is 8.31. The van der Waals surface area contributed by atoms with Crippen LogP contribution in [0, 0.1) is 0 Å². The number of aliphatic hydroxyl groups excluding tert-OH is 3. The van der Waals surface area contributed by atoms with E-state index in [4.69, 9.17) is 14.7 Å². The lowest BCUT2D eigenvalue weighted by molar-refractivity contribution is -0.128. The molecule has 49 heavy (non-hydrogen) atoms. The van der Waals surface area contributed by atoms with Crippen LogP contribution < -0.4 is 20.3 Å². The predicted molar refractivity (Wildman–Crippen MR) is 173 cm³/mol. The van der Waals surface area contributed by atoms with Gasteiger partial charge in [0.05, 0.1) is 31.2 Å². The number of hydrogen-bond donors (Lipinski definition) is 5. The van der Waals surface area contributed by atoms with Crippen molar-refractivity contribution in [3.8, 4) is 11.7 Å². The number of fused-ring (bicyclic) bond motifs is 1. The number of urea groups is 1. The Morgan fingerprint density at radius 2 is 1.71 bits per heavy atom. The van der Waals surface area contributed by atoms with Crippen LogP contribution in [-0.2, 0) is 11.2 Å². The molecule has 7 rings (SSSR count). The Labute approximate surface area is 278 Å². The van der Waals surface area contributed by atoms with Crippen LogP contribution in [0.5, 0.6) is 5.75 Å². The minimum Gasteiger partial charge on any atom is -0.410 e. The van der Waals surface area contributed by atoms with Crippen molar-refractivity contribution in [2.75, 3.05) is 30.0 Å². The molecule has 2 aliphatic rings. The monoisotopic (exact) mass is 668 g/mol. The zero-order chi connectivity index (χ0) is 34.1. The van der Waals surface area contributed by atoms with E-state index in [1.165, 1.54) is 23.4 Å². The first kappa shape index (κ1) is 31.7. The fourth-order valence-corrected chi connectivity index (χ4v) is 6.13. The molecule has 1 aliphatic carbocycles. The number of aromatic nitrogens is 6. The van der Waals surface area contributed by atoms with Crippen LogP contribution in [0.15, 0.2) is 79.5 Å². The molecule has 2 aromatic carbocycles. The number of carbonyl (C=O) groups excluding carboxylic acids is 3. The van der Waals surface area contributed by atoms with Crippen LogP contribution in [0.25, 0.3) is 17.1 Å². The van der Waals surface area contributed by atoms with Crippen LogP contribution >= 0.6 is 0 Å². The van der Waals surface area contributed by atoms with Crippen LogP contribution in [-0.4, -0.2) is 105 Å². The summed E-state index contributed by atoms with van der Waals surface area (Å²) in [7, 11) is 0. The third kappa shape index (κ3) is 6.24. The fourth-order valence-electron chi connectivity index (χ4n) is 6.13. The van der Waals surface area contributed by atoms with Crippen molar-refractivity contribution in [2.24, 2.45) is 0 Å². The highest BCUT2D eigenvalue weighted by Gasteiger charge is 2.50. The van der Waals surface area contributed by atoms with Gasteiger partial charge >= 0.3 is 12.1 Å². The predicted octanol–water partition coefficient (Wildman–Crippen LogP) is 1.21. The second-order valence-electron chi connectivity index (χ2n) is 11.6. The molecule has 4 amide bonds. The highest BCUT2D eigenvalue weighted by atomic mass is 16.6. The molecule has 4 heterocycles. The zero-order valence-electron chi connectivity index (χ0n) is 25.9. The summed E-state index contributed by atoms with van der Waals surface area (Å²) in [6, 6.07) is 15.8. The maximum Gasteiger partial charge on any atom is 0.418 e. The molecular weight excluding hydrogens is 636 g/mol. The van der Waals surface area contributed by atoms with Gasteiger partial charge in [0.1, 0.15) is 31.0 Å². The van der Waals surface area contributed by atoms with Crippen molar-refractivity contribution in [3.63, 3.8) is 0 Å². The molecule has 17 heteroatoms. The number of nitrogens with zero attached hydrogens (tertiary/aromatic N) is 8. The number of rotatable bonds is 10. The van der Waals surface area contributed by atoms with E-state index in [0.29, 0.717) is 24.2 Å². The Balaban J connectivity index is 1.23. The van der Waals surface area contributed by atoms with Gasteiger partial charge in [-0.3, -0.25) is 19.6 Å². The van der Waals surface area contributed by atoms with Gasteiger partial charge in [0.2, 0.25) is 11.9 Å². The topological polar surface area (TPSA) is 213 Å². The summed E-state index contributed by atoms with van der Waals surface area (Å²) in [6.45, 7) is -0.241. The van der Waals surface area contributed by atoms with Crippen molar-refractivity contribution in [2.45, 2.75) is 37.1 Å². The largest absolute Gasteiger partial charge is 0.418 e. The highest BCUT2D eigenvalue weighted by Crippen LogP contribution is 2.37. The van der Waals surface area contributed by atoms with Crippen LogP contribution in [0.4, 0.5) is 21.2 Å². The maximum atomic E-state index is 12.5. The first-order chi connectivity index (χ1) is 23.8. The standard InChI is InChI=1S/C32H32N10O7/c43-18-39(12-11-19-7-3-1-4-8-19)28-25-29(41(17-35-25)21-13-22(27(46)26(21)45)42-24(44)14-33-31(42)47)38-30(37-28)40-15-23(34-16-40)36-32(48)49-20-9-5-2-6-10-20/h1-10,15-17,21-22,26-27,43,45-46H,11-14,18H2,(H,33,47)(H,36,48)/t21-,22+,26+,27-/m1/s1. The molecule has 3 aromatic heterocycles. The summed E-state index contributed by atoms with van der Waals surface area (Å²) in [6.07, 6.45) is 1.35. The van der Waals surface area contributed by atoms with Crippen LogP contribution in [0.2, 0.25) is 0 Å². The quantitative estimate of drug-likeness (QED) is 0.105. The smallest absolute Gasteiger partial charge is 0.410 e. The average molecular weight is 669 g/mol. The summed E-state index contributed by atoms with van der Waals surface area (Å²) in [5.74, 6) is 0.370. The van der Waals surface area contributed by atoms with Crippen LogP contribution in [0.3, 0.4) is 0 Å². The van der Waals surface area contributed by atoms with Gasteiger partial charge in [-0.25, -0.2) is 19.6 Å². The number of anilines is 2. The zero-order valence-corrected chi connectivity index (χ0v) is 25.9. The van der Waals surface area contributed by atoms with E-state index in [1.807, 2.05) is 30.3 Å². The molecule has 1 saturated heterocycles. The molecule has 5 N–H and O–H groups in total. The lowest BCUT2D eigenvalue weighted by Gasteiger charge is -2.23. The van der Waals surface area contributed by atoms with Crippen molar-refractivity contribution < 1.29 is 34.4 Å². The van der Waals surface area contributed by atoms with E-state index >= 15 is 0 Å². The van der Waals surface area contributed by atoms with E-state index < -0.39 is 49.1 Å². The molecule has 0 unspecified atom stereocenters. The number of carbonyl (C=O) groups is 3. The number of para-hydroxylation sites is 1. The summed E-state index contributed by atoms with van der Waals surface area (Å²) in [5, 5.41) is 37.7. The van der Waals surface area contributed by atoms with Gasteiger partial charge in [-0.15, -0.1) is 0 Å². The van der Waals surface area contributed by atoms with Crippen LogP contribution in [0.1, 0.15) is 18.0 Å². The molecule has 252 valence electrons. The number of ether oxygens (including phenoxy) is 1. The van der Waals surface area contributed by atoms with E-state index in [1.54, 1.807) is 39.8 Å². The molecule has 1 aliphatic heterocycles. The van der Waals surface area contributed by atoms with Gasteiger partial charge in [0, 0.05) is 6.54 Å². The van der Waals surface area contributed by atoms with Gasteiger partial charge in [-0.1, -0.05) is 48.5 Å². The molecule has 0 radical (unpaired) electrons. The number of aliphatic hydroxyl groups is 3. The van der Waals surface area contributed by atoms with E-state index in [0.717, 1.165) is 10.5 Å². The first-order valence-corrected chi connectivity index (χ1v) is 15.5. The molecule has 4 atom stereocenters. The van der Waals surface area contributed by atoms with Gasteiger partial charge in [-0.2, -0.15) is 9.97 Å². The molecule has 2 fully saturated rings. The summed E-state index contributed by atoms with van der Waals surface area (Å²) >= 11 is 0. The van der Waals surface area contributed by atoms with Crippen molar-refractivity contribution in [1.82, 2.24) is 39.3 Å². The van der Waals surface area contributed by atoms with E-state index in [-0.39, 0.29) is 36.2 Å². The second kappa shape index (κ2) is 13.3. The molecule has 0 spiro atoms. The van der Waals surface area contributed by atoms with Crippen molar-refractivity contribution in [1.29, 1.82) is 0 Å². The molecular formula is C32H32N10O7. The number of hydrogen-bond acceptors (Lipinski definition) is 12. The molecule has 0 bridgehead atoms. The third-order valence-corrected chi connectivity index (χ3v) is 8.56. The molecule has 1 saturated carbocycles. The summed E-state index contributed by atoms with van der Waals surface area (Å²) in [4.78, 5) is 58.2. The minimum atomic E-state index is -1.42. The Morgan fingerprint density at radius 1 is 0.980 bits per heavy atom. The Bertz CT molecular complexity index is 1970. The molecule has 5 aromatic rings. The lowest BCUT2D eigenvalue weighted by atomic mass is 10.1. The number of nitrogens with one attached hydrogen (secondary N) is 2. The lowest BCUT2D eigenvalue weighted by Crippen LogP contribution is -2.46. The molecule has 17 nitrogen and oxygen atoms in total. The Hall–Kier alpha value is -5.91. The van der Waals surface area contributed by atoms with Gasteiger partial charge in [-0.05, 0) is 30.5 Å². The fraction of sp³-hybridized carbons (Fsp3) is 0.281. The maximum absolute atomic E-state index is 12.5. The van der Waals surface area contributed by atoms with E-state index in [2.05, 4.69) is 20.6 Å². The van der Waals surface area contributed by atoms with Crippen molar-refractivity contribution in [3.05, 3.63) is 85.1 Å². The SMILES string of the molecule is O=C(Nc1cn(-c2nc(N(CO)CCc3ccccc3)c3ncn([C@@H]4C[C@H](N5C(=O)CNC5=O)[C@@H](O)[C@H]4O)c3n2)cn1)Oc1ccccc1. The van der Waals surface area contributed by atoms with E-state index in [9.17, 15) is 29.7 Å². The van der Waals surface area contributed by atoms with Gasteiger partial charge in [0.15, 0.2) is 22.8 Å². The number of imidazole rings is 2. The van der Waals surface area contributed by atoms with Gasteiger partial charge in [0.25, 0.3) is 0 Å². The summed E-state index contributed by atoms with van der Waals surface area (Å²) in [5.41, 5.74) is 1.59. The minimum absolute atomic E-state index is 0.0298. The number of benzene rings is 2. The average Bonchev–Trinajstić information content (AvgIpc) is 3.89. The Morgan fingerprint density at radius 3 is 2.43 bits per heavy atom. The second-order valence-corrected chi connectivity index (χ2v) is 11.6. The Kier molecular flexibility index (Phi) is 8.60. The highest BCUT2D eigenvalue weighted by molar-refractivity contribution is 6.02. The van der Waals surface area contributed by atoms with Crippen molar-refractivity contribution >= 4 is 40.8 Å². The normalized spacial score (nSPS) is 20.5. The first-order valence-electron chi connectivity index (χ1n) is 15.5. The number of amides is 4. The van der Waals surface area contributed by atoms with Gasteiger partial charge < -0.3 is 34.8 Å².